The smallest absolute Gasteiger partial charge is 0.142 e. The number of aryl methyl sites for hydroxylation is 1. The van der Waals surface area contributed by atoms with Crippen LogP contribution in [0.25, 0.3) is 0 Å². The van der Waals surface area contributed by atoms with Gasteiger partial charge in [0, 0.05) is 18.2 Å². The number of hydrogen-bond donors (Lipinski definition) is 0. The minimum absolute atomic E-state index is 0.748. The monoisotopic (exact) mass is 231 g/mol. The van der Waals surface area contributed by atoms with Crippen molar-refractivity contribution in [2.24, 2.45) is 0 Å². The molecule has 1 fully saturated rings. The van der Waals surface area contributed by atoms with Crippen LogP contribution < -0.4 is 4.74 Å². The van der Waals surface area contributed by atoms with Crippen molar-refractivity contribution in [3.63, 3.8) is 0 Å². The Balaban J connectivity index is 1.75. The Hall–Kier alpha value is -1.02. The predicted molar refractivity (Wildman–Crippen MR) is 69.1 cm³/mol. The second-order valence-electron chi connectivity index (χ2n) is 5.42. The van der Waals surface area contributed by atoms with Gasteiger partial charge in [-0.25, -0.2) is 0 Å². The van der Waals surface area contributed by atoms with Gasteiger partial charge >= 0.3 is 0 Å². The largest absolute Gasteiger partial charge is 0.478 e. The third-order valence-corrected chi connectivity index (χ3v) is 4.07. The van der Waals surface area contributed by atoms with Crippen LogP contribution in [0, 0.1) is 6.92 Å². The number of ether oxygens (including phenoxy) is 1. The summed E-state index contributed by atoms with van der Waals surface area (Å²) in [6, 6.07) is 7.26. The first kappa shape index (κ1) is 11.1. The molecule has 0 aromatic heterocycles. The molecule has 0 unspecified atom stereocenters. The molecule has 0 amide bonds. The van der Waals surface area contributed by atoms with Gasteiger partial charge in [-0.2, -0.15) is 0 Å². The van der Waals surface area contributed by atoms with E-state index < -0.39 is 0 Å². The number of nitrogens with zero attached hydrogens (tertiary/aromatic N) is 1. The lowest BCUT2D eigenvalue weighted by atomic mass is 9.94. The van der Waals surface area contributed by atoms with E-state index in [2.05, 4.69) is 30.0 Å². The third-order valence-electron chi connectivity index (χ3n) is 4.07. The molecular weight excluding hydrogens is 210 g/mol. The zero-order chi connectivity index (χ0) is 11.7. The third kappa shape index (κ3) is 2.32. The van der Waals surface area contributed by atoms with Crippen molar-refractivity contribution in [3.8, 4) is 5.75 Å². The van der Waals surface area contributed by atoms with E-state index in [4.69, 9.17) is 4.74 Å². The number of rotatable bonds is 1. The van der Waals surface area contributed by atoms with E-state index in [1.807, 2.05) is 0 Å². The van der Waals surface area contributed by atoms with Gasteiger partial charge in [-0.15, -0.1) is 0 Å². The van der Waals surface area contributed by atoms with Crippen molar-refractivity contribution >= 4 is 0 Å². The van der Waals surface area contributed by atoms with Gasteiger partial charge in [-0.3, -0.25) is 4.90 Å². The van der Waals surface area contributed by atoms with Crippen LogP contribution in [0.15, 0.2) is 18.2 Å². The second kappa shape index (κ2) is 4.69. The summed E-state index contributed by atoms with van der Waals surface area (Å²) in [5, 5.41) is 0. The number of fused-ring (bicyclic) bond motifs is 1. The molecule has 1 aliphatic carbocycles. The number of hydrogen-bond acceptors (Lipinski definition) is 2. The average molecular weight is 231 g/mol. The highest BCUT2D eigenvalue weighted by Gasteiger charge is 2.25. The summed E-state index contributed by atoms with van der Waals surface area (Å²) in [5.74, 6) is 1.09. The maximum atomic E-state index is 5.87. The summed E-state index contributed by atoms with van der Waals surface area (Å²) >= 11 is 0. The normalized spacial score (nSPS) is 21.9. The first-order valence-electron chi connectivity index (χ1n) is 6.79. The maximum absolute atomic E-state index is 5.87. The fraction of sp³-hybridized carbons (Fsp3) is 0.600. The van der Waals surface area contributed by atoms with Crippen molar-refractivity contribution in [2.45, 2.75) is 51.6 Å². The molecule has 92 valence electrons. The van der Waals surface area contributed by atoms with E-state index in [-0.39, 0.29) is 0 Å². The molecule has 0 radical (unpaired) electrons. The van der Waals surface area contributed by atoms with Gasteiger partial charge in [0.15, 0.2) is 0 Å². The first-order valence-corrected chi connectivity index (χ1v) is 6.79. The molecule has 0 spiro atoms. The zero-order valence-electron chi connectivity index (χ0n) is 10.6. The summed E-state index contributed by atoms with van der Waals surface area (Å²) in [6.07, 6.45) is 6.90. The molecule has 0 bridgehead atoms. The molecule has 2 aliphatic rings. The molecule has 0 atom stereocenters. The van der Waals surface area contributed by atoms with E-state index in [1.165, 1.54) is 43.2 Å². The molecule has 1 heterocycles. The van der Waals surface area contributed by atoms with Crippen LogP contribution in [0.4, 0.5) is 0 Å². The molecular formula is C15H21NO. The molecule has 1 aromatic rings. The minimum atomic E-state index is 0.748. The SMILES string of the molecule is Cc1ccc2c(c1)CN(C1CCCCC1)CO2. The van der Waals surface area contributed by atoms with Gasteiger partial charge in [0.1, 0.15) is 12.5 Å². The van der Waals surface area contributed by atoms with E-state index in [0.717, 1.165) is 25.1 Å². The van der Waals surface area contributed by atoms with E-state index in [0.29, 0.717) is 0 Å². The fourth-order valence-electron chi connectivity index (χ4n) is 3.07. The average Bonchev–Trinajstić information content (AvgIpc) is 2.39. The number of benzene rings is 1. The lowest BCUT2D eigenvalue weighted by Crippen LogP contribution is -2.41. The molecule has 17 heavy (non-hydrogen) atoms. The second-order valence-corrected chi connectivity index (χ2v) is 5.42. The Morgan fingerprint density at radius 3 is 2.82 bits per heavy atom. The minimum Gasteiger partial charge on any atom is -0.478 e. The maximum Gasteiger partial charge on any atom is 0.142 e. The van der Waals surface area contributed by atoms with Gasteiger partial charge in [0.2, 0.25) is 0 Å². The fourth-order valence-corrected chi connectivity index (χ4v) is 3.07. The van der Waals surface area contributed by atoms with Crippen LogP contribution in [-0.2, 0) is 6.54 Å². The van der Waals surface area contributed by atoms with Gasteiger partial charge in [-0.1, -0.05) is 37.0 Å². The molecule has 2 heteroatoms. The summed E-state index contributed by atoms with van der Waals surface area (Å²) < 4.78 is 5.87. The predicted octanol–water partition coefficient (Wildman–Crippen LogP) is 3.48. The lowest BCUT2D eigenvalue weighted by Gasteiger charge is -2.37. The molecule has 1 saturated carbocycles. The van der Waals surface area contributed by atoms with Gasteiger partial charge < -0.3 is 4.74 Å². The Morgan fingerprint density at radius 1 is 1.18 bits per heavy atom. The van der Waals surface area contributed by atoms with E-state index >= 15 is 0 Å². The quantitative estimate of drug-likeness (QED) is 0.733. The van der Waals surface area contributed by atoms with Crippen molar-refractivity contribution in [1.29, 1.82) is 0 Å². The van der Waals surface area contributed by atoms with Crippen molar-refractivity contribution in [2.75, 3.05) is 6.73 Å². The van der Waals surface area contributed by atoms with E-state index in [9.17, 15) is 0 Å². The van der Waals surface area contributed by atoms with Crippen LogP contribution >= 0.6 is 0 Å². The van der Waals surface area contributed by atoms with E-state index in [1.54, 1.807) is 0 Å². The summed E-state index contributed by atoms with van der Waals surface area (Å²) in [5.41, 5.74) is 2.69. The molecule has 2 nitrogen and oxygen atoms in total. The van der Waals surface area contributed by atoms with Crippen LogP contribution in [0.5, 0.6) is 5.75 Å². The van der Waals surface area contributed by atoms with Gasteiger partial charge in [-0.05, 0) is 25.8 Å². The first-order chi connectivity index (χ1) is 8.33. The van der Waals surface area contributed by atoms with Crippen molar-refractivity contribution in [3.05, 3.63) is 29.3 Å². The lowest BCUT2D eigenvalue weighted by molar-refractivity contribution is 0.0403. The highest BCUT2D eigenvalue weighted by molar-refractivity contribution is 5.37. The topological polar surface area (TPSA) is 12.5 Å². The summed E-state index contributed by atoms with van der Waals surface area (Å²) in [4.78, 5) is 2.51. The van der Waals surface area contributed by atoms with Crippen LogP contribution in [0.1, 0.15) is 43.2 Å². The Bertz CT molecular complexity index is 396. The summed E-state index contributed by atoms with van der Waals surface area (Å²) in [7, 11) is 0. The molecule has 0 N–H and O–H groups in total. The van der Waals surface area contributed by atoms with Crippen molar-refractivity contribution < 1.29 is 4.74 Å². The van der Waals surface area contributed by atoms with Crippen molar-refractivity contribution in [1.82, 2.24) is 4.90 Å². The molecule has 0 saturated heterocycles. The standard InChI is InChI=1S/C15H21NO/c1-12-7-8-15-13(9-12)10-16(11-17-15)14-5-3-2-4-6-14/h7-9,14H,2-6,10-11H2,1H3. The summed E-state index contributed by atoms with van der Waals surface area (Å²) in [6.45, 7) is 4.00. The Kier molecular flexibility index (Phi) is 3.06. The van der Waals surface area contributed by atoms with Crippen LogP contribution in [0.3, 0.4) is 0 Å². The van der Waals surface area contributed by atoms with Crippen LogP contribution in [0.2, 0.25) is 0 Å². The molecule has 1 aliphatic heterocycles. The Morgan fingerprint density at radius 2 is 2.00 bits per heavy atom. The zero-order valence-corrected chi connectivity index (χ0v) is 10.6. The Labute approximate surface area is 104 Å². The van der Waals surface area contributed by atoms with Gasteiger partial charge in [0.25, 0.3) is 0 Å². The van der Waals surface area contributed by atoms with Crippen LogP contribution in [-0.4, -0.2) is 17.7 Å². The highest BCUT2D eigenvalue weighted by Crippen LogP contribution is 2.30. The van der Waals surface area contributed by atoms with Gasteiger partial charge in [0.05, 0.1) is 0 Å². The molecule has 1 aromatic carbocycles. The molecule has 3 rings (SSSR count). The highest BCUT2D eigenvalue weighted by atomic mass is 16.5.